The van der Waals surface area contributed by atoms with E-state index in [1.54, 1.807) is 18.3 Å². The third kappa shape index (κ3) is 3.32. The van der Waals surface area contributed by atoms with Crippen LogP contribution in [0.3, 0.4) is 0 Å². The maximum atomic E-state index is 12.1. The summed E-state index contributed by atoms with van der Waals surface area (Å²) in [7, 11) is 0. The van der Waals surface area contributed by atoms with E-state index in [2.05, 4.69) is 26.2 Å². The summed E-state index contributed by atoms with van der Waals surface area (Å²) in [6.07, 6.45) is 1.55. The molecule has 0 aliphatic rings. The highest BCUT2D eigenvalue weighted by molar-refractivity contribution is 9.10. The summed E-state index contributed by atoms with van der Waals surface area (Å²) in [5, 5.41) is 2.88. The maximum Gasteiger partial charge on any atom is 0.272 e. The average Bonchev–Trinajstić information content (AvgIpc) is 2.39. The fourth-order valence-corrected chi connectivity index (χ4v) is 2.15. The zero-order valence-electron chi connectivity index (χ0n) is 10.4. The Morgan fingerprint density at radius 2 is 2.16 bits per heavy atom. The van der Waals surface area contributed by atoms with Crippen LogP contribution in [0.15, 0.2) is 47.1 Å². The predicted octanol–water partition coefficient (Wildman–Crippen LogP) is 2.92. The van der Waals surface area contributed by atoms with Crippen LogP contribution in [-0.2, 0) is 0 Å². The van der Waals surface area contributed by atoms with E-state index in [1.165, 1.54) is 0 Å². The number of nitrogens with one attached hydrogen (secondary N) is 1. The summed E-state index contributed by atoms with van der Waals surface area (Å²) in [6.45, 7) is 1.92. The highest BCUT2D eigenvalue weighted by Crippen LogP contribution is 2.18. The van der Waals surface area contributed by atoms with Crippen molar-refractivity contribution in [1.29, 1.82) is 0 Å². The normalized spacial score (nSPS) is 11.9. The second-order valence-electron chi connectivity index (χ2n) is 4.19. The monoisotopic (exact) mass is 319 g/mol. The molecule has 0 spiro atoms. The minimum absolute atomic E-state index is 0.119. The van der Waals surface area contributed by atoms with E-state index in [4.69, 9.17) is 5.73 Å². The van der Waals surface area contributed by atoms with Crippen molar-refractivity contribution in [3.8, 4) is 0 Å². The number of rotatable bonds is 3. The van der Waals surface area contributed by atoms with Crippen LogP contribution in [0.4, 0.5) is 5.69 Å². The Kier molecular flexibility index (Phi) is 4.16. The number of hydrogen-bond donors (Lipinski definition) is 2. The van der Waals surface area contributed by atoms with Crippen molar-refractivity contribution in [2.75, 3.05) is 5.73 Å². The van der Waals surface area contributed by atoms with Crippen LogP contribution in [-0.4, -0.2) is 10.9 Å². The van der Waals surface area contributed by atoms with Gasteiger partial charge in [-0.15, -0.1) is 0 Å². The largest absolute Gasteiger partial charge is 0.397 e. The fourth-order valence-electron chi connectivity index (χ4n) is 1.73. The van der Waals surface area contributed by atoms with E-state index in [9.17, 15) is 4.79 Å². The molecule has 98 valence electrons. The van der Waals surface area contributed by atoms with Gasteiger partial charge in [-0.25, -0.2) is 4.98 Å². The number of halogens is 1. The van der Waals surface area contributed by atoms with Gasteiger partial charge < -0.3 is 11.1 Å². The molecule has 0 bridgehead atoms. The topological polar surface area (TPSA) is 68.0 Å². The number of nitrogens with two attached hydrogens (primary N) is 1. The highest BCUT2D eigenvalue weighted by atomic mass is 79.9. The highest BCUT2D eigenvalue weighted by Gasteiger charge is 2.14. The van der Waals surface area contributed by atoms with Gasteiger partial charge in [0.2, 0.25) is 0 Å². The van der Waals surface area contributed by atoms with Crippen LogP contribution >= 0.6 is 15.9 Å². The lowest BCUT2D eigenvalue weighted by molar-refractivity contribution is 0.0936. The van der Waals surface area contributed by atoms with Gasteiger partial charge in [0, 0.05) is 10.7 Å². The van der Waals surface area contributed by atoms with E-state index in [0.717, 1.165) is 10.0 Å². The number of carbonyl (C=O) groups excluding carboxylic acids is 1. The van der Waals surface area contributed by atoms with E-state index in [0.29, 0.717) is 5.69 Å². The van der Waals surface area contributed by atoms with Crippen LogP contribution in [0.2, 0.25) is 0 Å². The van der Waals surface area contributed by atoms with Crippen molar-refractivity contribution in [2.24, 2.45) is 0 Å². The van der Waals surface area contributed by atoms with Crippen LogP contribution in [0, 0.1) is 0 Å². The van der Waals surface area contributed by atoms with Crippen LogP contribution in [0.1, 0.15) is 29.0 Å². The van der Waals surface area contributed by atoms with E-state index in [1.807, 2.05) is 31.2 Å². The van der Waals surface area contributed by atoms with Gasteiger partial charge in [-0.05, 0) is 36.8 Å². The molecule has 1 aromatic carbocycles. The Hall–Kier alpha value is -1.88. The number of hydrogen-bond acceptors (Lipinski definition) is 3. The molecule has 0 aliphatic carbocycles. The number of benzene rings is 1. The van der Waals surface area contributed by atoms with Crippen molar-refractivity contribution in [1.82, 2.24) is 10.3 Å². The fraction of sp³-hybridized carbons (Fsp3) is 0.143. The lowest BCUT2D eigenvalue weighted by atomic mass is 10.1. The first-order chi connectivity index (χ1) is 9.08. The zero-order chi connectivity index (χ0) is 13.8. The predicted molar refractivity (Wildman–Crippen MR) is 78.7 cm³/mol. The van der Waals surface area contributed by atoms with E-state index < -0.39 is 0 Å². The molecule has 0 saturated heterocycles. The Morgan fingerprint density at radius 1 is 1.37 bits per heavy atom. The number of nitrogens with zero attached hydrogens (tertiary/aromatic N) is 1. The lowest BCUT2D eigenvalue weighted by Crippen LogP contribution is -2.28. The molecule has 5 heteroatoms. The molecule has 19 heavy (non-hydrogen) atoms. The van der Waals surface area contributed by atoms with E-state index >= 15 is 0 Å². The van der Waals surface area contributed by atoms with Crippen molar-refractivity contribution < 1.29 is 4.79 Å². The number of nitrogen functional groups attached to an aromatic ring is 1. The SMILES string of the molecule is C[C@H](NC(=O)c1ncccc1N)c1cccc(Br)c1. The Labute approximate surface area is 120 Å². The van der Waals surface area contributed by atoms with Gasteiger partial charge in [-0.3, -0.25) is 4.79 Å². The quantitative estimate of drug-likeness (QED) is 0.914. The second-order valence-corrected chi connectivity index (χ2v) is 5.11. The van der Waals surface area contributed by atoms with Gasteiger partial charge in [0.25, 0.3) is 5.91 Å². The Bertz CT molecular complexity index is 601. The molecule has 0 radical (unpaired) electrons. The third-order valence-corrected chi connectivity index (χ3v) is 3.24. The van der Waals surface area contributed by atoms with Crippen LogP contribution in [0.5, 0.6) is 0 Å². The summed E-state index contributed by atoms with van der Waals surface area (Å²) in [5.74, 6) is -0.273. The molecular weight excluding hydrogens is 306 g/mol. The van der Waals surface area contributed by atoms with Crippen molar-refractivity contribution in [3.05, 3.63) is 58.3 Å². The number of pyridine rings is 1. The molecule has 2 aromatic rings. The first kappa shape index (κ1) is 13.5. The van der Waals surface area contributed by atoms with Gasteiger partial charge in [0.05, 0.1) is 11.7 Å². The third-order valence-electron chi connectivity index (χ3n) is 2.75. The molecule has 0 fully saturated rings. The Balaban J connectivity index is 2.13. The molecule has 1 amide bonds. The summed E-state index contributed by atoms with van der Waals surface area (Å²) in [6, 6.07) is 11.0. The zero-order valence-corrected chi connectivity index (χ0v) is 12.0. The van der Waals surface area contributed by atoms with Gasteiger partial charge in [0.1, 0.15) is 0 Å². The standard InChI is InChI=1S/C14H14BrN3O/c1-9(10-4-2-5-11(15)8-10)18-14(19)13-12(16)6-3-7-17-13/h2-9H,16H2,1H3,(H,18,19)/t9-/m0/s1. The number of amides is 1. The molecule has 1 aromatic heterocycles. The molecule has 1 atom stereocenters. The lowest BCUT2D eigenvalue weighted by Gasteiger charge is -2.15. The molecule has 3 N–H and O–H groups in total. The average molecular weight is 320 g/mol. The van der Waals surface area contributed by atoms with Crippen LogP contribution < -0.4 is 11.1 Å². The first-order valence-electron chi connectivity index (χ1n) is 5.84. The van der Waals surface area contributed by atoms with Gasteiger partial charge in [-0.2, -0.15) is 0 Å². The van der Waals surface area contributed by atoms with Gasteiger partial charge in [-0.1, -0.05) is 28.1 Å². The molecule has 4 nitrogen and oxygen atoms in total. The van der Waals surface area contributed by atoms with E-state index in [-0.39, 0.29) is 17.6 Å². The first-order valence-corrected chi connectivity index (χ1v) is 6.64. The van der Waals surface area contributed by atoms with Crippen LogP contribution in [0.25, 0.3) is 0 Å². The summed E-state index contributed by atoms with van der Waals surface area (Å²) in [4.78, 5) is 16.1. The van der Waals surface area contributed by atoms with Crippen molar-refractivity contribution >= 4 is 27.5 Å². The second kappa shape index (κ2) is 5.84. The summed E-state index contributed by atoms with van der Waals surface area (Å²) < 4.78 is 0.975. The number of aromatic nitrogens is 1. The van der Waals surface area contributed by atoms with Crippen molar-refractivity contribution in [3.63, 3.8) is 0 Å². The molecule has 0 aliphatic heterocycles. The molecular formula is C14H14BrN3O. The minimum Gasteiger partial charge on any atom is -0.397 e. The Morgan fingerprint density at radius 3 is 2.84 bits per heavy atom. The maximum absolute atomic E-state index is 12.1. The number of anilines is 1. The molecule has 1 heterocycles. The van der Waals surface area contributed by atoms with Crippen molar-refractivity contribution in [2.45, 2.75) is 13.0 Å². The smallest absolute Gasteiger partial charge is 0.272 e. The molecule has 2 rings (SSSR count). The number of carbonyl (C=O) groups is 1. The minimum atomic E-state index is -0.273. The van der Waals surface area contributed by atoms with Gasteiger partial charge in [0.15, 0.2) is 5.69 Å². The van der Waals surface area contributed by atoms with Gasteiger partial charge >= 0.3 is 0 Å². The molecule has 0 unspecified atom stereocenters. The summed E-state index contributed by atoms with van der Waals surface area (Å²) >= 11 is 3.41. The molecule has 0 saturated carbocycles. The summed E-state index contributed by atoms with van der Waals surface area (Å²) in [5.41, 5.74) is 7.37.